The van der Waals surface area contributed by atoms with Crippen molar-refractivity contribution in [3.63, 3.8) is 0 Å². The number of benzene rings is 1. The van der Waals surface area contributed by atoms with E-state index in [2.05, 4.69) is 22.2 Å². The van der Waals surface area contributed by atoms with E-state index in [4.69, 9.17) is 17.0 Å². The number of aryl methyl sites for hydroxylation is 1. The Hall–Kier alpha value is -1.88. The Labute approximate surface area is 124 Å². The third kappa shape index (κ3) is 3.81. The molecule has 0 unspecified atom stereocenters. The largest absolute Gasteiger partial charge is 0.496 e. The normalized spacial score (nSPS) is 10.3. The number of rotatable bonds is 6. The molecule has 0 amide bonds. The zero-order valence-electron chi connectivity index (χ0n) is 11.8. The van der Waals surface area contributed by atoms with Gasteiger partial charge >= 0.3 is 0 Å². The van der Waals surface area contributed by atoms with E-state index >= 15 is 0 Å². The minimum absolute atomic E-state index is 0.606. The van der Waals surface area contributed by atoms with E-state index in [1.54, 1.807) is 7.11 Å². The fourth-order valence-electron chi connectivity index (χ4n) is 2.00. The van der Waals surface area contributed by atoms with Gasteiger partial charge in [-0.1, -0.05) is 37.3 Å². The Morgan fingerprint density at radius 2 is 2.15 bits per heavy atom. The van der Waals surface area contributed by atoms with Crippen LogP contribution in [0.15, 0.2) is 30.3 Å². The Balaban J connectivity index is 2.12. The molecule has 0 radical (unpaired) electrons. The average molecular weight is 289 g/mol. The van der Waals surface area contributed by atoms with Crippen molar-refractivity contribution >= 4 is 18.0 Å². The number of aromatic amines is 1. The second kappa shape index (κ2) is 7.05. The van der Waals surface area contributed by atoms with Crippen LogP contribution in [0.1, 0.15) is 24.7 Å². The summed E-state index contributed by atoms with van der Waals surface area (Å²) in [6.45, 7) is 2.79. The van der Waals surface area contributed by atoms with E-state index in [0.29, 0.717) is 11.2 Å². The van der Waals surface area contributed by atoms with Crippen LogP contribution in [0.3, 0.4) is 0 Å². The smallest absolute Gasteiger partial charge is 0.131 e. The molecular weight excluding hydrogens is 270 g/mol. The maximum atomic E-state index is 5.34. The first kappa shape index (κ1) is 14.5. The SMILES string of the molecule is CCCc1nc(=S)cc(NCc2ccccc2OC)[nH]1. The average Bonchev–Trinajstić information content (AvgIpc) is 2.45. The molecule has 0 bridgehead atoms. The molecule has 0 fully saturated rings. The number of hydrogen-bond donors (Lipinski definition) is 2. The molecule has 106 valence electrons. The molecule has 1 aromatic heterocycles. The lowest BCUT2D eigenvalue weighted by Gasteiger charge is -2.11. The Morgan fingerprint density at radius 3 is 2.90 bits per heavy atom. The molecule has 0 aliphatic rings. The molecule has 20 heavy (non-hydrogen) atoms. The summed E-state index contributed by atoms with van der Waals surface area (Å²) in [5.74, 6) is 2.68. The van der Waals surface area contributed by atoms with Gasteiger partial charge in [-0.05, 0) is 12.5 Å². The van der Waals surface area contributed by atoms with Crippen LogP contribution in [0.25, 0.3) is 0 Å². The van der Waals surface area contributed by atoms with Crippen molar-refractivity contribution in [2.24, 2.45) is 0 Å². The standard InChI is InChI=1S/C15H19N3OS/c1-3-6-13-17-14(9-15(20)18-13)16-10-11-7-4-5-8-12(11)19-2/h4-5,7-9H,3,6,10H2,1-2H3,(H2,16,17,18,20). The van der Waals surface area contributed by atoms with E-state index in [9.17, 15) is 0 Å². The van der Waals surface area contributed by atoms with Gasteiger partial charge in [-0.2, -0.15) is 0 Å². The summed E-state index contributed by atoms with van der Waals surface area (Å²) in [5, 5.41) is 3.33. The molecule has 0 atom stereocenters. The molecule has 0 spiro atoms. The van der Waals surface area contributed by atoms with E-state index in [0.717, 1.165) is 35.8 Å². The summed E-state index contributed by atoms with van der Waals surface area (Å²) < 4.78 is 5.94. The topological polar surface area (TPSA) is 49.9 Å². The second-order valence-electron chi connectivity index (χ2n) is 4.50. The molecule has 2 aromatic rings. The van der Waals surface area contributed by atoms with Crippen LogP contribution in [0.4, 0.5) is 5.82 Å². The van der Waals surface area contributed by atoms with Crippen LogP contribution in [0.5, 0.6) is 5.75 Å². The third-order valence-electron chi connectivity index (χ3n) is 2.94. The summed E-state index contributed by atoms with van der Waals surface area (Å²) in [4.78, 5) is 7.57. The lowest BCUT2D eigenvalue weighted by Crippen LogP contribution is -2.05. The first-order chi connectivity index (χ1) is 9.72. The van der Waals surface area contributed by atoms with Crippen molar-refractivity contribution in [3.05, 3.63) is 46.4 Å². The van der Waals surface area contributed by atoms with Crippen molar-refractivity contribution in [3.8, 4) is 5.75 Å². The van der Waals surface area contributed by atoms with Gasteiger partial charge in [0.2, 0.25) is 0 Å². The monoisotopic (exact) mass is 289 g/mol. The maximum absolute atomic E-state index is 5.34. The van der Waals surface area contributed by atoms with Gasteiger partial charge in [0.05, 0.1) is 7.11 Å². The molecule has 0 saturated heterocycles. The Bertz CT molecular complexity index is 625. The van der Waals surface area contributed by atoms with Crippen LogP contribution in [0.2, 0.25) is 0 Å². The highest BCUT2D eigenvalue weighted by atomic mass is 32.1. The van der Waals surface area contributed by atoms with E-state index < -0.39 is 0 Å². The number of aromatic nitrogens is 2. The predicted molar refractivity (Wildman–Crippen MR) is 83.7 cm³/mol. The van der Waals surface area contributed by atoms with Gasteiger partial charge in [-0.15, -0.1) is 0 Å². The van der Waals surface area contributed by atoms with Gasteiger partial charge in [0.15, 0.2) is 0 Å². The number of methoxy groups -OCH3 is 1. The molecule has 1 aromatic carbocycles. The number of para-hydroxylation sites is 1. The Morgan fingerprint density at radius 1 is 1.35 bits per heavy atom. The fraction of sp³-hybridized carbons (Fsp3) is 0.333. The van der Waals surface area contributed by atoms with Crippen LogP contribution in [0, 0.1) is 4.64 Å². The Kier molecular flexibility index (Phi) is 5.12. The molecule has 2 N–H and O–H groups in total. The van der Waals surface area contributed by atoms with Crippen molar-refractivity contribution in [2.75, 3.05) is 12.4 Å². The van der Waals surface area contributed by atoms with Crippen molar-refractivity contribution in [1.29, 1.82) is 0 Å². The molecule has 0 saturated carbocycles. The quantitative estimate of drug-likeness (QED) is 0.796. The zero-order valence-corrected chi connectivity index (χ0v) is 12.6. The highest BCUT2D eigenvalue weighted by Crippen LogP contribution is 2.18. The van der Waals surface area contributed by atoms with Crippen LogP contribution in [-0.4, -0.2) is 17.1 Å². The van der Waals surface area contributed by atoms with Crippen molar-refractivity contribution < 1.29 is 4.74 Å². The van der Waals surface area contributed by atoms with Gasteiger partial charge in [0.25, 0.3) is 0 Å². The number of nitrogens with one attached hydrogen (secondary N) is 2. The molecule has 2 rings (SSSR count). The van der Waals surface area contributed by atoms with Gasteiger partial charge < -0.3 is 15.0 Å². The minimum atomic E-state index is 0.606. The number of nitrogens with zero attached hydrogens (tertiary/aromatic N) is 1. The van der Waals surface area contributed by atoms with Crippen molar-refractivity contribution in [1.82, 2.24) is 9.97 Å². The van der Waals surface area contributed by atoms with Crippen molar-refractivity contribution in [2.45, 2.75) is 26.3 Å². The number of hydrogen-bond acceptors (Lipinski definition) is 4. The molecule has 0 aliphatic carbocycles. The maximum Gasteiger partial charge on any atom is 0.131 e. The van der Waals surface area contributed by atoms with Gasteiger partial charge in [0.1, 0.15) is 22.0 Å². The zero-order chi connectivity index (χ0) is 14.4. The van der Waals surface area contributed by atoms with Gasteiger partial charge in [0, 0.05) is 24.6 Å². The molecule has 0 aliphatic heterocycles. The summed E-state index contributed by atoms with van der Waals surface area (Å²) in [6, 6.07) is 9.78. The molecule has 4 nitrogen and oxygen atoms in total. The van der Waals surface area contributed by atoms with Gasteiger partial charge in [-0.25, -0.2) is 4.98 Å². The summed E-state index contributed by atoms with van der Waals surface area (Å²) in [7, 11) is 1.68. The van der Waals surface area contributed by atoms with E-state index in [-0.39, 0.29) is 0 Å². The highest BCUT2D eigenvalue weighted by Gasteiger charge is 2.03. The first-order valence-electron chi connectivity index (χ1n) is 6.69. The summed E-state index contributed by atoms with van der Waals surface area (Å²) in [6.07, 6.45) is 1.93. The predicted octanol–water partition coefficient (Wildman–Crippen LogP) is 3.71. The van der Waals surface area contributed by atoms with Crippen LogP contribution < -0.4 is 10.1 Å². The molecule has 5 heteroatoms. The summed E-state index contributed by atoms with van der Waals surface area (Å²) in [5.41, 5.74) is 1.10. The van der Waals surface area contributed by atoms with Gasteiger partial charge in [-0.3, -0.25) is 0 Å². The lowest BCUT2D eigenvalue weighted by atomic mass is 10.2. The highest BCUT2D eigenvalue weighted by molar-refractivity contribution is 7.71. The van der Waals surface area contributed by atoms with E-state index in [1.165, 1.54) is 0 Å². The summed E-state index contributed by atoms with van der Waals surface area (Å²) >= 11 is 5.18. The molecule has 1 heterocycles. The van der Waals surface area contributed by atoms with Crippen LogP contribution >= 0.6 is 12.2 Å². The van der Waals surface area contributed by atoms with E-state index in [1.807, 2.05) is 30.3 Å². The molecular formula is C15H19N3OS. The second-order valence-corrected chi connectivity index (χ2v) is 4.91. The number of H-pyrrole nitrogens is 1. The lowest BCUT2D eigenvalue weighted by molar-refractivity contribution is 0.410. The minimum Gasteiger partial charge on any atom is -0.496 e. The van der Waals surface area contributed by atoms with Crippen LogP contribution in [-0.2, 0) is 13.0 Å². The number of anilines is 1. The fourth-order valence-corrected chi connectivity index (χ4v) is 2.23. The first-order valence-corrected chi connectivity index (χ1v) is 7.09. The number of ether oxygens (including phenoxy) is 1. The third-order valence-corrected chi connectivity index (χ3v) is 3.15.